The SMILES string of the molecule is CCNC(=O)N(O)c1ccc(OC(C)c2ccc(F)cc2)cc1. The van der Waals surface area contributed by atoms with E-state index in [0.29, 0.717) is 23.0 Å². The molecule has 0 fully saturated rings. The van der Waals surface area contributed by atoms with E-state index in [1.54, 1.807) is 43.3 Å². The average Bonchev–Trinajstić information content (AvgIpc) is 2.55. The van der Waals surface area contributed by atoms with Crippen molar-refractivity contribution in [3.05, 3.63) is 59.9 Å². The number of amides is 2. The lowest BCUT2D eigenvalue weighted by Gasteiger charge is -2.17. The van der Waals surface area contributed by atoms with Crippen LogP contribution < -0.4 is 15.1 Å². The van der Waals surface area contributed by atoms with Gasteiger partial charge in [-0.3, -0.25) is 5.21 Å². The second-order valence-electron chi connectivity index (χ2n) is 4.95. The highest BCUT2D eigenvalue weighted by Crippen LogP contribution is 2.24. The Bertz CT molecular complexity index is 644. The molecular weight excluding hydrogens is 299 g/mol. The van der Waals surface area contributed by atoms with Gasteiger partial charge in [-0.05, 0) is 55.8 Å². The van der Waals surface area contributed by atoms with Gasteiger partial charge >= 0.3 is 6.03 Å². The number of halogens is 1. The Morgan fingerprint density at radius 1 is 1.22 bits per heavy atom. The van der Waals surface area contributed by atoms with Crippen LogP contribution in [0.15, 0.2) is 48.5 Å². The summed E-state index contributed by atoms with van der Waals surface area (Å²) < 4.78 is 18.7. The Kier molecular flexibility index (Phi) is 5.54. The first-order valence-electron chi connectivity index (χ1n) is 7.30. The van der Waals surface area contributed by atoms with Crippen LogP contribution in [-0.2, 0) is 0 Å². The molecule has 0 saturated carbocycles. The molecule has 0 bridgehead atoms. The van der Waals surface area contributed by atoms with Crippen molar-refractivity contribution >= 4 is 11.7 Å². The van der Waals surface area contributed by atoms with Gasteiger partial charge < -0.3 is 10.1 Å². The van der Waals surface area contributed by atoms with Crippen LogP contribution in [0, 0.1) is 5.82 Å². The molecule has 0 heterocycles. The largest absolute Gasteiger partial charge is 0.486 e. The van der Waals surface area contributed by atoms with Gasteiger partial charge in [0.15, 0.2) is 0 Å². The molecule has 0 aromatic heterocycles. The number of anilines is 1. The molecule has 0 saturated heterocycles. The highest BCUT2D eigenvalue weighted by Gasteiger charge is 2.12. The topological polar surface area (TPSA) is 61.8 Å². The van der Waals surface area contributed by atoms with E-state index in [1.807, 2.05) is 6.92 Å². The normalized spacial score (nSPS) is 11.7. The fourth-order valence-electron chi connectivity index (χ4n) is 2.02. The van der Waals surface area contributed by atoms with E-state index in [2.05, 4.69) is 5.32 Å². The van der Waals surface area contributed by atoms with Crippen LogP contribution in [0.1, 0.15) is 25.5 Å². The number of rotatable bonds is 5. The zero-order valence-corrected chi connectivity index (χ0v) is 13.0. The number of nitrogens with zero attached hydrogens (tertiary/aromatic N) is 1. The summed E-state index contributed by atoms with van der Waals surface area (Å²) in [6.45, 7) is 4.04. The number of benzene rings is 2. The lowest BCUT2D eigenvalue weighted by atomic mass is 10.1. The summed E-state index contributed by atoms with van der Waals surface area (Å²) >= 11 is 0. The molecule has 0 aliphatic heterocycles. The number of ether oxygens (including phenoxy) is 1. The Labute approximate surface area is 134 Å². The molecule has 5 nitrogen and oxygen atoms in total. The third kappa shape index (κ3) is 4.43. The zero-order valence-electron chi connectivity index (χ0n) is 13.0. The van der Waals surface area contributed by atoms with Gasteiger partial charge in [-0.2, -0.15) is 5.06 Å². The Hall–Kier alpha value is -2.60. The minimum absolute atomic E-state index is 0.255. The predicted molar refractivity (Wildman–Crippen MR) is 85.2 cm³/mol. The van der Waals surface area contributed by atoms with Gasteiger partial charge in [0.25, 0.3) is 0 Å². The molecule has 2 N–H and O–H groups in total. The number of carbonyl (C=O) groups excluding carboxylic acids is 1. The fourth-order valence-corrected chi connectivity index (χ4v) is 2.02. The number of hydroxylamine groups is 1. The van der Waals surface area contributed by atoms with E-state index in [9.17, 15) is 14.4 Å². The smallest absolute Gasteiger partial charge is 0.345 e. The van der Waals surface area contributed by atoms with Gasteiger partial charge in [0.05, 0.1) is 5.69 Å². The summed E-state index contributed by atoms with van der Waals surface area (Å²) in [6, 6.07) is 11.9. The van der Waals surface area contributed by atoms with E-state index in [-0.39, 0.29) is 11.9 Å². The summed E-state index contributed by atoms with van der Waals surface area (Å²) in [6.07, 6.45) is -0.255. The third-order valence-corrected chi connectivity index (χ3v) is 3.25. The summed E-state index contributed by atoms with van der Waals surface area (Å²) in [5.41, 5.74) is 1.18. The fraction of sp³-hybridized carbons (Fsp3) is 0.235. The molecular formula is C17H19FN2O3. The molecule has 0 aliphatic rings. The third-order valence-electron chi connectivity index (χ3n) is 3.25. The molecule has 2 aromatic rings. The van der Waals surface area contributed by atoms with E-state index in [1.165, 1.54) is 12.1 Å². The van der Waals surface area contributed by atoms with Crippen molar-refractivity contribution in [2.45, 2.75) is 20.0 Å². The molecule has 0 spiro atoms. The van der Waals surface area contributed by atoms with Gasteiger partial charge in [-0.1, -0.05) is 12.1 Å². The zero-order chi connectivity index (χ0) is 16.8. The summed E-state index contributed by atoms with van der Waals surface area (Å²) in [4.78, 5) is 11.5. The maximum absolute atomic E-state index is 12.9. The van der Waals surface area contributed by atoms with Crippen molar-refractivity contribution in [1.29, 1.82) is 0 Å². The second kappa shape index (κ2) is 7.60. The van der Waals surface area contributed by atoms with Crippen LogP contribution in [0.3, 0.4) is 0 Å². The standard InChI is InChI=1S/C17H19FN2O3/c1-3-19-17(21)20(22)15-8-10-16(11-9-15)23-12(2)13-4-6-14(18)7-5-13/h4-12,22H,3H2,1-2H3,(H,19,21). The first-order valence-corrected chi connectivity index (χ1v) is 7.30. The monoisotopic (exact) mass is 318 g/mol. The van der Waals surface area contributed by atoms with Gasteiger partial charge in [0.2, 0.25) is 0 Å². The lowest BCUT2D eigenvalue weighted by Crippen LogP contribution is -2.37. The molecule has 0 aliphatic carbocycles. The Morgan fingerprint density at radius 2 is 1.83 bits per heavy atom. The molecule has 2 rings (SSSR count). The molecule has 23 heavy (non-hydrogen) atoms. The first-order chi connectivity index (χ1) is 11.0. The second-order valence-corrected chi connectivity index (χ2v) is 4.95. The molecule has 1 atom stereocenters. The quantitative estimate of drug-likeness (QED) is 0.649. The van der Waals surface area contributed by atoms with Crippen molar-refractivity contribution in [1.82, 2.24) is 5.32 Å². The molecule has 6 heteroatoms. The number of carbonyl (C=O) groups is 1. The Balaban J connectivity index is 2.02. The van der Waals surface area contributed by atoms with Crippen LogP contribution in [0.25, 0.3) is 0 Å². The number of nitrogens with one attached hydrogen (secondary N) is 1. The van der Waals surface area contributed by atoms with Gasteiger partial charge in [0, 0.05) is 6.54 Å². The molecule has 0 radical (unpaired) electrons. The highest BCUT2D eigenvalue weighted by atomic mass is 19.1. The van der Waals surface area contributed by atoms with Gasteiger partial charge in [-0.25, -0.2) is 9.18 Å². The van der Waals surface area contributed by atoms with Crippen molar-refractivity contribution in [3.8, 4) is 5.75 Å². The summed E-state index contributed by atoms with van der Waals surface area (Å²) in [5, 5.41) is 12.8. The van der Waals surface area contributed by atoms with Crippen LogP contribution in [-0.4, -0.2) is 17.8 Å². The van der Waals surface area contributed by atoms with Crippen molar-refractivity contribution < 1.29 is 19.1 Å². The van der Waals surface area contributed by atoms with Crippen molar-refractivity contribution in [3.63, 3.8) is 0 Å². The van der Waals surface area contributed by atoms with Gasteiger partial charge in [-0.15, -0.1) is 0 Å². The maximum Gasteiger partial charge on any atom is 0.345 e. The maximum atomic E-state index is 12.9. The predicted octanol–water partition coefficient (Wildman–Crippen LogP) is 3.89. The number of hydrogen-bond donors (Lipinski definition) is 2. The van der Waals surface area contributed by atoms with E-state index in [4.69, 9.17) is 4.74 Å². The number of hydrogen-bond acceptors (Lipinski definition) is 3. The first kappa shape index (κ1) is 16.8. The van der Waals surface area contributed by atoms with Gasteiger partial charge in [0.1, 0.15) is 17.7 Å². The van der Waals surface area contributed by atoms with Crippen LogP contribution >= 0.6 is 0 Å². The average molecular weight is 318 g/mol. The summed E-state index contributed by atoms with van der Waals surface area (Å²) in [5.74, 6) is 0.286. The van der Waals surface area contributed by atoms with E-state index >= 15 is 0 Å². The summed E-state index contributed by atoms with van der Waals surface area (Å²) in [7, 11) is 0. The highest BCUT2D eigenvalue weighted by molar-refractivity contribution is 5.89. The van der Waals surface area contributed by atoms with Crippen LogP contribution in [0.5, 0.6) is 5.75 Å². The number of urea groups is 1. The van der Waals surface area contributed by atoms with E-state index < -0.39 is 6.03 Å². The van der Waals surface area contributed by atoms with E-state index in [0.717, 1.165) is 5.56 Å². The molecule has 2 aromatic carbocycles. The van der Waals surface area contributed by atoms with Crippen LogP contribution in [0.4, 0.5) is 14.9 Å². The molecule has 2 amide bonds. The van der Waals surface area contributed by atoms with Crippen LogP contribution in [0.2, 0.25) is 0 Å². The van der Waals surface area contributed by atoms with Crippen molar-refractivity contribution in [2.75, 3.05) is 11.6 Å². The Morgan fingerprint density at radius 3 is 2.39 bits per heavy atom. The lowest BCUT2D eigenvalue weighted by molar-refractivity contribution is 0.205. The molecule has 1 unspecified atom stereocenters. The van der Waals surface area contributed by atoms with Crippen molar-refractivity contribution in [2.24, 2.45) is 0 Å². The minimum Gasteiger partial charge on any atom is -0.486 e. The minimum atomic E-state index is -0.596. The molecule has 122 valence electrons.